The fourth-order valence-electron chi connectivity index (χ4n) is 3.47. The van der Waals surface area contributed by atoms with Crippen LogP contribution in [0, 0.1) is 0 Å². The lowest BCUT2D eigenvalue weighted by atomic mass is 10.1. The van der Waals surface area contributed by atoms with Gasteiger partial charge in [-0.2, -0.15) is 0 Å². The van der Waals surface area contributed by atoms with Crippen LogP contribution >= 0.6 is 23.7 Å². The number of amides is 2. The number of benzene rings is 1. The van der Waals surface area contributed by atoms with E-state index >= 15 is 0 Å². The number of phenolic OH excluding ortho intramolecular Hbond substituents is 1. The number of thiazole rings is 1. The number of halogens is 1. The highest BCUT2D eigenvalue weighted by molar-refractivity contribution is 7.14. The van der Waals surface area contributed by atoms with E-state index in [9.17, 15) is 14.7 Å². The molecule has 0 aliphatic carbocycles. The standard InChI is InChI=1S/C23H34N4O5S.ClH.3H2O/c1-14(2)27(15(3)4)10-8-7-9-24-22(30)17-13-33-23(25-17)26-21(29)16-11-19(31-5)20(32-6)12-18(16)28;;;;/h11-15,28H,7-10H2,1-6H3,(H,24,30)(H,25,26,29);1H;3*1H2. The number of methoxy groups -OCH3 is 2. The summed E-state index contributed by atoms with van der Waals surface area (Å²) in [5.74, 6) is -0.501. The minimum atomic E-state index is -0.574. The Hall–Kier alpha value is -2.68. The fraction of sp³-hybridized carbons (Fsp3) is 0.522. The Morgan fingerprint density at radius 3 is 2.11 bits per heavy atom. The summed E-state index contributed by atoms with van der Waals surface area (Å²) in [6.07, 6.45) is 1.86. The molecule has 1 aromatic heterocycles. The van der Waals surface area contributed by atoms with Crippen LogP contribution in [-0.4, -0.2) is 82.6 Å². The summed E-state index contributed by atoms with van der Waals surface area (Å²) in [6, 6.07) is 3.66. The van der Waals surface area contributed by atoms with Gasteiger partial charge in [0, 0.05) is 36.1 Å². The molecule has 0 saturated carbocycles. The third kappa shape index (κ3) is 11.1. The lowest BCUT2D eigenvalue weighted by Crippen LogP contribution is -2.38. The molecule has 0 fully saturated rings. The Morgan fingerprint density at radius 2 is 1.57 bits per heavy atom. The summed E-state index contributed by atoms with van der Waals surface area (Å²) in [5, 5.41) is 17.4. The van der Waals surface area contributed by atoms with E-state index in [-0.39, 0.29) is 56.9 Å². The van der Waals surface area contributed by atoms with E-state index in [0.717, 1.165) is 30.7 Å². The van der Waals surface area contributed by atoms with Crippen LogP contribution in [-0.2, 0) is 0 Å². The molecule has 0 unspecified atom stereocenters. The van der Waals surface area contributed by atoms with Crippen molar-refractivity contribution in [2.75, 3.05) is 32.6 Å². The molecule has 1 aromatic carbocycles. The number of unbranched alkanes of at least 4 members (excludes halogenated alkanes) is 1. The number of nitrogens with one attached hydrogen (secondary N) is 2. The molecule has 14 heteroatoms. The van der Waals surface area contributed by atoms with Crippen molar-refractivity contribution in [3.63, 3.8) is 0 Å². The summed E-state index contributed by atoms with van der Waals surface area (Å²) in [5.41, 5.74) is 0.239. The quantitative estimate of drug-likeness (QED) is 0.322. The second kappa shape index (κ2) is 18.5. The van der Waals surface area contributed by atoms with Crippen LogP contribution in [0.5, 0.6) is 17.2 Å². The fourth-order valence-corrected chi connectivity index (χ4v) is 4.16. The molecule has 0 atom stereocenters. The van der Waals surface area contributed by atoms with E-state index in [4.69, 9.17) is 9.47 Å². The number of carbonyl (C=O) groups is 2. The van der Waals surface area contributed by atoms with Gasteiger partial charge in [-0.15, -0.1) is 23.7 Å². The second-order valence-corrected chi connectivity index (χ2v) is 8.96. The molecule has 9 N–H and O–H groups in total. The highest BCUT2D eigenvalue weighted by atomic mass is 35.5. The molecule has 2 rings (SSSR count). The van der Waals surface area contributed by atoms with Crippen molar-refractivity contribution in [1.82, 2.24) is 15.2 Å². The monoisotopic (exact) mass is 568 g/mol. The minimum Gasteiger partial charge on any atom is -0.507 e. The van der Waals surface area contributed by atoms with E-state index in [2.05, 4.69) is 48.2 Å². The van der Waals surface area contributed by atoms with Crippen molar-refractivity contribution in [3.05, 3.63) is 28.8 Å². The average Bonchev–Trinajstić information content (AvgIpc) is 3.23. The molecule has 0 spiro atoms. The number of nitrogens with zero attached hydrogens (tertiary/aromatic N) is 2. The zero-order chi connectivity index (χ0) is 24.5. The first-order chi connectivity index (χ1) is 15.7. The molecule has 0 aliphatic rings. The zero-order valence-corrected chi connectivity index (χ0v) is 23.6. The van der Waals surface area contributed by atoms with Crippen LogP contribution in [0.1, 0.15) is 61.4 Å². The van der Waals surface area contributed by atoms with Crippen molar-refractivity contribution in [1.29, 1.82) is 0 Å². The molecule has 1 heterocycles. The molecule has 0 radical (unpaired) electrons. The molecule has 12 nitrogen and oxygen atoms in total. The van der Waals surface area contributed by atoms with E-state index < -0.39 is 5.91 Å². The highest BCUT2D eigenvalue weighted by Crippen LogP contribution is 2.34. The molecule has 2 amide bonds. The Balaban J connectivity index is -0.00000289. The maximum atomic E-state index is 12.6. The topological polar surface area (TPSA) is 208 Å². The molecule has 2 aromatic rings. The number of ether oxygens (including phenoxy) is 2. The predicted octanol–water partition coefficient (Wildman–Crippen LogP) is 1.69. The second-order valence-electron chi connectivity index (χ2n) is 8.10. The summed E-state index contributed by atoms with van der Waals surface area (Å²) in [7, 11) is 2.87. The molecule has 0 saturated heterocycles. The molecular weight excluding hydrogens is 528 g/mol. The summed E-state index contributed by atoms with van der Waals surface area (Å²) in [6.45, 7) is 10.3. The lowest BCUT2D eigenvalue weighted by Gasteiger charge is -2.30. The normalized spacial score (nSPS) is 9.97. The third-order valence-corrected chi connectivity index (χ3v) is 5.92. The van der Waals surface area contributed by atoms with Crippen LogP contribution in [0.15, 0.2) is 17.5 Å². The largest absolute Gasteiger partial charge is 0.507 e. The number of aromatic hydroxyl groups is 1. The first kappa shape index (κ1) is 38.8. The molecule has 214 valence electrons. The van der Waals surface area contributed by atoms with Crippen LogP contribution in [0.25, 0.3) is 0 Å². The smallest absolute Gasteiger partial charge is 0.270 e. The van der Waals surface area contributed by atoms with Crippen molar-refractivity contribution in [2.45, 2.75) is 52.6 Å². The van der Waals surface area contributed by atoms with Gasteiger partial charge >= 0.3 is 0 Å². The Labute approximate surface area is 227 Å². The highest BCUT2D eigenvalue weighted by Gasteiger charge is 2.19. The predicted molar refractivity (Wildman–Crippen MR) is 148 cm³/mol. The van der Waals surface area contributed by atoms with Gasteiger partial charge in [0.2, 0.25) is 0 Å². The van der Waals surface area contributed by atoms with Gasteiger partial charge < -0.3 is 36.3 Å². The van der Waals surface area contributed by atoms with Crippen LogP contribution in [0.4, 0.5) is 5.13 Å². The van der Waals surface area contributed by atoms with E-state index in [1.165, 1.54) is 26.4 Å². The molecular formula is C23H41ClN4O8S. The van der Waals surface area contributed by atoms with Crippen molar-refractivity contribution < 1.29 is 40.6 Å². The first-order valence-corrected chi connectivity index (χ1v) is 11.8. The Bertz CT molecular complexity index is 951. The van der Waals surface area contributed by atoms with Crippen molar-refractivity contribution in [3.8, 4) is 17.2 Å². The van der Waals surface area contributed by atoms with Gasteiger partial charge in [-0.1, -0.05) is 0 Å². The summed E-state index contributed by atoms with van der Waals surface area (Å²) >= 11 is 1.13. The van der Waals surface area contributed by atoms with Crippen LogP contribution in [0.2, 0.25) is 0 Å². The van der Waals surface area contributed by atoms with Gasteiger partial charge in [0.05, 0.1) is 19.8 Å². The maximum absolute atomic E-state index is 12.6. The van der Waals surface area contributed by atoms with Crippen LogP contribution in [0.3, 0.4) is 0 Å². The lowest BCUT2D eigenvalue weighted by molar-refractivity contribution is 0.0945. The first-order valence-electron chi connectivity index (χ1n) is 10.9. The number of carbonyl (C=O) groups excluding carboxylic acids is 2. The number of aromatic nitrogens is 1. The summed E-state index contributed by atoms with van der Waals surface area (Å²) in [4.78, 5) is 31.6. The molecule has 0 bridgehead atoms. The Morgan fingerprint density at radius 1 is 1.00 bits per heavy atom. The number of rotatable bonds is 12. The van der Waals surface area contributed by atoms with Crippen molar-refractivity contribution >= 4 is 40.7 Å². The van der Waals surface area contributed by atoms with Gasteiger partial charge in [0.15, 0.2) is 16.6 Å². The maximum Gasteiger partial charge on any atom is 0.270 e. The SMILES string of the molecule is COc1cc(O)c(C(=O)Nc2nc(C(=O)NCCCCN(C(C)C)C(C)C)cs2)cc1OC.Cl.O.O.O. The molecule has 0 aliphatic heterocycles. The Kier molecular flexibility index (Phi) is 19.5. The number of hydrogen-bond acceptors (Lipinski definition) is 8. The van der Waals surface area contributed by atoms with Gasteiger partial charge in [-0.25, -0.2) is 4.98 Å². The third-order valence-electron chi connectivity index (χ3n) is 5.16. The number of anilines is 1. The van der Waals surface area contributed by atoms with Crippen molar-refractivity contribution in [2.24, 2.45) is 0 Å². The van der Waals surface area contributed by atoms with Gasteiger partial charge in [-0.3, -0.25) is 19.8 Å². The van der Waals surface area contributed by atoms with E-state index in [1.807, 2.05) is 0 Å². The zero-order valence-electron chi connectivity index (χ0n) is 22.0. The molecule has 37 heavy (non-hydrogen) atoms. The van der Waals surface area contributed by atoms with E-state index in [1.54, 1.807) is 5.38 Å². The van der Waals surface area contributed by atoms with Crippen LogP contribution < -0.4 is 20.1 Å². The summed E-state index contributed by atoms with van der Waals surface area (Å²) < 4.78 is 10.3. The van der Waals surface area contributed by atoms with E-state index in [0.29, 0.717) is 30.1 Å². The van der Waals surface area contributed by atoms with Gasteiger partial charge in [-0.05, 0) is 47.1 Å². The van der Waals surface area contributed by atoms with Gasteiger partial charge in [0.1, 0.15) is 11.4 Å². The number of hydrogen-bond donors (Lipinski definition) is 3. The average molecular weight is 569 g/mol. The minimum absolute atomic E-state index is 0. The number of phenols is 1. The van der Waals surface area contributed by atoms with Gasteiger partial charge in [0.25, 0.3) is 11.8 Å².